The van der Waals surface area contributed by atoms with Crippen molar-refractivity contribution in [3.05, 3.63) is 69.5 Å². The molecular formula is C21H19Cl2F3N6O2. The molecular weight excluding hydrogens is 496 g/mol. The van der Waals surface area contributed by atoms with Gasteiger partial charge in [0.2, 0.25) is 0 Å². The third kappa shape index (κ3) is 4.86. The van der Waals surface area contributed by atoms with Crippen molar-refractivity contribution in [2.24, 2.45) is 5.10 Å². The first kappa shape index (κ1) is 25.5. The van der Waals surface area contributed by atoms with Crippen LogP contribution in [0.25, 0.3) is 5.70 Å². The van der Waals surface area contributed by atoms with Crippen LogP contribution in [0, 0.1) is 0 Å². The number of halogens is 5. The molecule has 0 bridgehead atoms. The normalized spacial score (nSPS) is 16.2. The molecule has 0 fully saturated rings. The van der Waals surface area contributed by atoms with Crippen LogP contribution in [0.2, 0.25) is 5.02 Å². The molecule has 180 valence electrons. The van der Waals surface area contributed by atoms with E-state index in [0.717, 1.165) is 11.2 Å². The van der Waals surface area contributed by atoms with Gasteiger partial charge in [-0.25, -0.2) is 9.69 Å². The summed E-state index contributed by atoms with van der Waals surface area (Å²) in [4.78, 5) is 16.9. The molecule has 2 aromatic rings. The van der Waals surface area contributed by atoms with Gasteiger partial charge in [0.25, 0.3) is 5.91 Å². The summed E-state index contributed by atoms with van der Waals surface area (Å²) < 4.78 is 48.1. The van der Waals surface area contributed by atoms with Crippen LogP contribution < -0.4 is 5.32 Å². The Hall–Kier alpha value is -3.15. The standard InChI is InChI=1S/C21H19Cl2F3N6O2/c1-5-15-16(6-7-17(23)31(15)27-3)32-19(21(24,25)26)13(10-29-32)20(33)30-12-8-14(22)18(28-9-12)11(2)34-4/h5-11H,3H2,1-2,4H3,(H,30,33)/b15-5-/t11-/m0/s1. The molecule has 0 saturated heterocycles. The average Bonchev–Trinajstić information content (AvgIpc) is 3.24. The number of ether oxygens (including phenoxy) is 1. The molecule has 1 atom stereocenters. The lowest BCUT2D eigenvalue weighted by Gasteiger charge is -2.26. The summed E-state index contributed by atoms with van der Waals surface area (Å²) in [7, 11) is 1.48. The Labute approximate surface area is 203 Å². The minimum Gasteiger partial charge on any atom is -0.375 e. The number of hydrogen-bond acceptors (Lipinski definition) is 6. The van der Waals surface area contributed by atoms with Gasteiger partial charge in [-0.05, 0) is 32.1 Å². The molecule has 2 aromatic heterocycles. The highest BCUT2D eigenvalue weighted by Crippen LogP contribution is 2.38. The summed E-state index contributed by atoms with van der Waals surface area (Å²) >= 11 is 12.2. The fourth-order valence-corrected chi connectivity index (χ4v) is 3.74. The van der Waals surface area contributed by atoms with Gasteiger partial charge in [0, 0.05) is 13.8 Å². The van der Waals surface area contributed by atoms with Crippen molar-refractivity contribution in [3.8, 4) is 0 Å². The molecule has 0 radical (unpaired) electrons. The molecule has 0 unspecified atom stereocenters. The molecule has 3 rings (SSSR count). The van der Waals surface area contributed by atoms with E-state index in [1.54, 1.807) is 13.8 Å². The molecule has 0 saturated carbocycles. The van der Waals surface area contributed by atoms with E-state index in [-0.39, 0.29) is 27.3 Å². The molecule has 34 heavy (non-hydrogen) atoms. The Morgan fingerprint density at radius 3 is 2.59 bits per heavy atom. The van der Waals surface area contributed by atoms with Crippen LogP contribution in [0.5, 0.6) is 0 Å². The first-order valence-corrected chi connectivity index (χ1v) is 10.4. The topological polar surface area (TPSA) is 84.6 Å². The van der Waals surface area contributed by atoms with Gasteiger partial charge in [-0.3, -0.25) is 9.78 Å². The summed E-state index contributed by atoms with van der Waals surface area (Å²) in [6, 6.07) is 1.37. The van der Waals surface area contributed by atoms with E-state index < -0.39 is 29.4 Å². The summed E-state index contributed by atoms with van der Waals surface area (Å²) in [5.74, 6) is -1.05. The minimum atomic E-state index is -4.92. The number of amides is 1. The van der Waals surface area contributed by atoms with Crippen molar-refractivity contribution in [1.29, 1.82) is 0 Å². The second-order valence-corrected chi connectivity index (χ2v) is 7.70. The molecule has 0 aliphatic carbocycles. The average molecular weight is 515 g/mol. The zero-order valence-electron chi connectivity index (χ0n) is 18.2. The number of aromatic nitrogens is 3. The number of methoxy groups -OCH3 is 1. The van der Waals surface area contributed by atoms with Crippen molar-refractivity contribution in [1.82, 2.24) is 19.8 Å². The molecule has 0 aromatic carbocycles. The van der Waals surface area contributed by atoms with Gasteiger partial charge in [-0.1, -0.05) is 29.3 Å². The van der Waals surface area contributed by atoms with E-state index in [1.165, 1.54) is 37.6 Å². The number of rotatable bonds is 6. The molecule has 1 aliphatic heterocycles. The van der Waals surface area contributed by atoms with Crippen LogP contribution in [0.3, 0.4) is 0 Å². The maximum atomic E-state index is 14.1. The molecule has 1 N–H and O–H groups in total. The monoisotopic (exact) mass is 514 g/mol. The van der Waals surface area contributed by atoms with Crippen LogP contribution in [0.15, 0.2) is 52.6 Å². The highest BCUT2D eigenvalue weighted by molar-refractivity contribution is 6.31. The van der Waals surface area contributed by atoms with E-state index in [1.807, 2.05) is 0 Å². The van der Waals surface area contributed by atoms with Gasteiger partial charge in [0.15, 0.2) is 5.69 Å². The Bertz CT molecular complexity index is 1220. The van der Waals surface area contributed by atoms with Gasteiger partial charge in [-0.2, -0.15) is 23.4 Å². The van der Waals surface area contributed by atoms with Crippen LogP contribution in [-0.2, 0) is 10.9 Å². The van der Waals surface area contributed by atoms with Crippen LogP contribution in [-0.4, -0.2) is 39.5 Å². The van der Waals surface area contributed by atoms with Crippen molar-refractivity contribution < 1.29 is 22.7 Å². The second-order valence-electron chi connectivity index (χ2n) is 6.91. The number of allylic oxidation sites excluding steroid dienone is 4. The maximum absolute atomic E-state index is 14.1. The van der Waals surface area contributed by atoms with Gasteiger partial charge >= 0.3 is 6.18 Å². The fourth-order valence-electron chi connectivity index (χ4n) is 3.22. The fraction of sp³-hybridized carbons (Fsp3) is 0.238. The van der Waals surface area contributed by atoms with Crippen LogP contribution in [0.4, 0.5) is 18.9 Å². The molecule has 8 nitrogen and oxygen atoms in total. The Morgan fingerprint density at radius 1 is 1.32 bits per heavy atom. The highest BCUT2D eigenvalue weighted by atomic mass is 35.5. The predicted octanol–water partition coefficient (Wildman–Crippen LogP) is 5.67. The van der Waals surface area contributed by atoms with Gasteiger partial charge in [0.05, 0.1) is 51.9 Å². The number of alkyl halides is 3. The Kier molecular flexibility index (Phi) is 7.49. The predicted molar refractivity (Wildman–Crippen MR) is 123 cm³/mol. The van der Waals surface area contributed by atoms with E-state index in [4.69, 9.17) is 27.9 Å². The van der Waals surface area contributed by atoms with Crippen molar-refractivity contribution in [2.75, 3.05) is 12.4 Å². The lowest BCUT2D eigenvalue weighted by atomic mass is 10.1. The molecule has 3 heterocycles. The summed E-state index contributed by atoms with van der Waals surface area (Å²) in [5.41, 5.74) is -1.27. The number of hydrogen-bond donors (Lipinski definition) is 1. The molecule has 13 heteroatoms. The smallest absolute Gasteiger partial charge is 0.375 e. The number of anilines is 1. The number of carbonyl (C=O) groups is 1. The van der Waals surface area contributed by atoms with Crippen LogP contribution in [0.1, 0.15) is 41.7 Å². The summed E-state index contributed by atoms with van der Waals surface area (Å²) in [6.45, 7) is 6.70. The SMILES string of the molecule is C=NN1C(Cl)=CC=C(n2ncc(C(=O)Nc3cnc([C@H](C)OC)c(Cl)c3)c2C(F)(F)F)/C1=C/C. The van der Waals surface area contributed by atoms with E-state index >= 15 is 0 Å². The third-order valence-electron chi connectivity index (χ3n) is 4.86. The zero-order valence-corrected chi connectivity index (χ0v) is 19.7. The first-order chi connectivity index (χ1) is 16.0. The Morgan fingerprint density at radius 2 is 2.03 bits per heavy atom. The van der Waals surface area contributed by atoms with Gasteiger partial charge in [-0.15, -0.1) is 0 Å². The van der Waals surface area contributed by atoms with Crippen molar-refractivity contribution >= 4 is 47.2 Å². The Balaban J connectivity index is 2.02. The molecule has 1 aliphatic rings. The minimum absolute atomic E-state index is 0.00621. The number of carbonyl (C=O) groups excluding carboxylic acids is 1. The van der Waals surface area contributed by atoms with Crippen molar-refractivity contribution in [2.45, 2.75) is 26.1 Å². The number of hydrazone groups is 1. The van der Waals surface area contributed by atoms with Gasteiger partial charge in [0.1, 0.15) is 5.16 Å². The highest BCUT2D eigenvalue weighted by Gasteiger charge is 2.42. The van der Waals surface area contributed by atoms with Crippen LogP contribution >= 0.6 is 23.2 Å². The second kappa shape index (κ2) is 10.00. The van der Waals surface area contributed by atoms with Crippen molar-refractivity contribution in [3.63, 3.8) is 0 Å². The van der Waals surface area contributed by atoms with E-state index in [2.05, 4.69) is 27.2 Å². The lowest BCUT2D eigenvalue weighted by Crippen LogP contribution is -2.25. The van der Waals surface area contributed by atoms with E-state index in [0.29, 0.717) is 10.4 Å². The van der Waals surface area contributed by atoms with Gasteiger partial charge < -0.3 is 10.1 Å². The number of nitrogens with one attached hydrogen (secondary N) is 1. The number of pyridine rings is 1. The molecule has 0 spiro atoms. The van der Waals surface area contributed by atoms with E-state index in [9.17, 15) is 18.0 Å². The molecule has 1 amide bonds. The zero-order chi connectivity index (χ0) is 25.2. The summed E-state index contributed by atoms with van der Waals surface area (Å²) in [6.07, 6.45) is 0.938. The first-order valence-electron chi connectivity index (χ1n) is 9.69. The quantitative estimate of drug-likeness (QED) is 0.396. The maximum Gasteiger partial charge on any atom is 0.434 e. The number of nitrogens with zero attached hydrogens (tertiary/aromatic N) is 5. The lowest BCUT2D eigenvalue weighted by molar-refractivity contribution is -0.143. The third-order valence-corrected chi connectivity index (χ3v) is 5.45. The largest absolute Gasteiger partial charge is 0.434 e. The summed E-state index contributed by atoms with van der Waals surface area (Å²) in [5, 5.41) is 11.4.